The standard InChI is InChI=1S/C20H38OP/c1-13(2)17-9-7-15(5)11-19(17)22(21)20-12-16(6)8-10-18(20)14(3)4/h13-20H,7-12H2,1-6H3/q+1/t15-,16-,17+,18+,19-,20-/m1/s1. The zero-order valence-electron chi connectivity index (χ0n) is 15.7. The van der Waals surface area contributed by atoms with Crippen molar-refractivity contribution in [2.75, 3.05) is 0 Å². The molecule has 0 heterocycles. The van der Waals surface area contributed by atoms with Gasteiger partial charge in [-0.1, -0.05) is 58.9 Å². The summed E-state index contributed by atoms with van der Waals surface area (Å²) in [4.78, 5) is 0. The Kier molecular flexibility index (Phi) is 6.52. The van der Waals surface area contributed by atoms with E-state index in [2.05, 4.69) is 41.5 Å². The molecule has 2 aliphatic carbocycles. The maximum atomic E-state index is 13.6. The number of hydrogen-bond acceptors (Lipinski definition) is 1. The summed E-state index contributed by atoms with van der Waals surface area (Å²) < 4.78 is 13.6. The minimum Gasteiger partial charge on any atom is -0.0742 e. The van der Waals surface area contributed by atoms with Crippen LogP contribution in [-0.4, -0.2) is 11.3 Å². The molecule has 2 fully saturated rings. The summed E-state index contributed by atoms with van der Waals surface area (Å²) in [5.41, 5.74) is 0.991. The van der Waals surface area contributed by atoms with E-state index < -0.39 is 7.80 Å². The molecule has 0 unspecified atom stereocenters. The summed E-state index contributed by atoms with van der Waals surface area (Å²) in [5, 5.41) is 0. The molecule has 0 N–H and O–H groups in total. The van der Waals surface area contributed by atoms with Gasteiger partial charge in [-0.05, 0) is 49.4 Å². The lowest BCUT2D eigenvalue weighted by atomic mass is 9.76. The van der Waals surface area contributed by atoms with Gasteiger partial charge in [-0.25, -0.2) is 0 Å². The van der Waals surface area contributed by atoms with Gasteiger partial charge < -0.3 is 0 Å². The third-order valence-electron chi connectivity index (χ3n) is 6.63. The van der Waals surface area contributed by atoms with Crippen molar-refractivity contribution in [2.24, 2.45) is 35.5 Å². The van der Waals surface area contributed by atoms with Crippen molar-refractivity contribution in [1.29, 1.82) is 0 Å². The lowest BCUT2D eigenvalue weighted by Crippen LogP contribution is -2.36. The highest BCUT2D eigenvalue weighted by atomic mass is 31.1. The molecular formula is C20H38OP+. The molecule has 0 radical (unpaired) electrons. The van der Waals surface area contributed by atoms with Gasteiger partial charge in [-0.15, -0.1) is 0 Å². The van der Waals surface area contributed by atoms with E-state index in [0.717, 1.165) is 11.8 Å². The molecular weight excluding hydrogens is 287 g/mol. The molecule has 6 atom stereocenters. The van der Waals surface area contributed by atoms with E-state index in [9.17, 15) is 4.57 Å². The molecule has 0 bridgehead atoms. The summed E-state index contributed by atoms with van der Waals surface area (Å²) in [6.07, 6.45) is 7.73. The van der Waals surface area contributed by atoms with Crippen LogP contribution >= 0.6 is 7.80 Å². The Morgan fingerprint density at radius 2 is 1.09 bits per heavy atom. The van der Waals surface area contributed by atoms with E-state index in [-0.39, 0.29) is 0 Å². The van der Waals surface area contributed by atoms with Gasteiger partial charge >= 0.3 is 7.80 Å². The molecule has 128 valence electrons. The first-order valence-corrected chi connectivity index (χ1v) is 11.2. The first-order valence-electron chi connectivity index (χ1n) is 9.76. The van der Waals surface area contributed by atoms with Crippen LogP contribution in [0.5, 0.6) is 0 Å². The predicted octanol–water partition coefficient (Wildman–Crippen LogP) is 6.74. The van der Waals surface area contributed by atoms with Crippen LogP contribution in [0.1, 0.15) is 80.1 Å². The van der Waals surface area contributed by atoms with Crippen LogP contribution in [0.3, 0.4) is 0 Å². The van der Waals surface area contributed by atoms with Gasteiger partial charge in [-0.3, -0.25) is 0 Å². The lowest BCUT2D eigenvalue weighted by Gasteiger charge is -2.36. The fourth-order valence-electron chi connectivity index (χ4n) is 5.13. The number of hydrogen-bond donors (Lipinski definition) is 0. The maximum absolute atomic E-state index is 13.6. The van der Waals surface area contributed by atoms with Gasteiger partial charge in [0.1, 0.15) is 0 Å². The minimum atomic E-state index is -1.06. The molecule has 0 aromatic carbocycles. The van der Waals surface area contributed by atoms with Gasteiger partial charge in [-0.2, -0.15) is 0 Å². The molecule has 0 amide bonds. The molecule has 2 rings (SSSR count). The quantitative estimate of drug-likeness (QED) is 0.523. The highest BCUT2D eigenvalue weighted by Gasteiger charge is 2.51. The maximum Gasteiger partial charge on any atom is 0.345 e. The van der Waals surface area contributed by atoms with Gasteiger partial charge in [0.05, 0.1) is 0 Å². The van der Waals surface area contributed by atoms with Gasteiger partial charge in [0.15, 0.2) is 11.3 Å². The van der Waals surface area contributed by atoms with Crippen molar-refractivity contribution in [1.82, 2.24) is 0 Å². The highest BCUT2D eigenvalue weighted by molar-refractivity contribution is 7.46. The Balaban J connectivity index is 2.18. The van der Waals surface area contributed by atoms with Gasteiger partial charge in [0, 0.05) is 11.8 Å². The van der Waals surface area contributed by atoms with E-state index in [1.54, 1.807) is 0 Å². The Hall–Kier alpha value is 0.100. The van der Waals surface area contributed by atoms with Crippen molar-refractivity contribution in [3.8, 4) is 0 Å². The van der Waals surface area contributed by atoms with Crippen LogP contribution in [0.2, 0.25) is 0 Å². The average molecular weight is 325 g/mol. The van der Waals surface area contributed by atoms with Crippen molar-refractivity contribution in [3.05, 3.63) is 0 Å². The second kappa shape index (κ2) is 7.78. The Morgan fingerprint density at radius 3 is 1.41 bits per heavy atom. The third-order valence-corrected chi connectivity index (χ3v) is 9.12. The molecule has 2 saturated carbocycles. The molecule has 2 aliphatic rings. The topological polar surface area (TPSA) is 17.1 Å². The Morgan fingerprint density at radius 1 is 0.727 bits per heavy atom. The molecule has 0 spiro atoms. The molecule has 2 heteroatoms. The van der Waals surface area contributed by atoms with Crippen LogP contribution in [0.15, 0.2) is 0 Å². The summed E-state index contributed by atoms with van der Waals surface area (Å²) in [5.74, 6) is 4.33. The number of rotatable bonds is 4. The predicted molar refractivity (Wildman–Crippen MR) is 97.9 cm³/mol. The second-order valence-electron chi connectivity index (χ2n) is 9.15. The normalized spacial score (nSPS) is 40.2. The lowest BCUT2D eigenvalue weighted by molar-refractivity contribution is 0.218. The van der Waals surface area contributed by atoms with Crippen molar-refractivity contribution in [2.45, 2.75) is 91.4 Å². The molecule has 0 saturated heterocycles. The van der Waals surface area contributed by atoms with Crippen LogP contribution < -0.4 is 0 Å². The van der Waals surface area contributed by atoms with Crippen molar-refractivity contribution in [3.63, 3.8) is 0 Å². The monoisotopic (exact) mass is 325 g/mol. The van der Waals surface area contributed by atoms with Crippen LogP contribution in [0.25, 0.3) is 0 Å². The highest BCUT2D eigenvalue weighted by Crippen LogP contribution is 2.55. The third kappa shape index (κ3) is 4.14. The van der Waals surface area contributed by atoms with Crippen LogP contribution in [0, 0.1) is 35.5 Å². The summed E-state index contributed by atoms with van der Waals surface area (Å²) in [6.45, 7) is 14.1. The summed E-state index contributed by atoms with van der Waals surface area (Å²) in [7, 11) is -1.06. The fourth-order valence-corrected chi connectivity index (χ4v) is 8.50. The average Bonchev–Trinajstić information content (AvgIpc) is 2.45. The summed E-state index contributed by atoms with van der Waals surface area (Å²) >= 11 is 0. The Bertz CT molecular complexity index is 342. The van der Waals surface area contributed by atoms with E-state index in [1.165, 1.54) is 38.5 Å². The minimum absolute atomic E-state index is 0.496. The van der Waals surface area contributed by atoms with Gasteiger partial charge in [0.2, 0.25) is 0 Å². The first kappa shape index (κ1) is 18.4. The van der Waals surface area contributed by atoms with E-state index in [4.69, 9.17) is 0 Å². The van der Waals surface area contributed by atoms with Gasteiger partial charge in [0.25, 0.3) is 0 Å². The zero-order chi connectivity index (χ0) is 16.4. The molecule has 0 aromatic rings. The molecule has 0 aliphatic heterocycles. The van der Waals surface area contributed by atoms with Crippen molar-refractivity contribution < 1.29 is 4.57 Å². The Labute approximate surface area is 139 Å². The van der Waals surface area contributed by atoms with Crippen LogP contribution in [0.4, 0.5) is 0 Å². The van der Waals surface area contributed by atoms with Crippen LogP contribution in [-0.2, 0) is 4.57 Å². The smallest absolute Gasteiger partial charge is 0.0742 e. The SMILES string of the molecule is CC(C)[C@@H]1CC[C@@H](C)C[C@H]1[P+](=O)[C@@H]1C[C@H](C)CC[C@H]1C(C)C. The van der Waals surface area contributed by atoms with Crippen molar-refractivity contribution >= 4 is 7.80 Å². The van der Waals surface area contributed by atoms with E-state index >= 15 is 0 Å². The van der Waals surface area contributed by atoms with E-state index in [0.29, 0.717) is 35.0 Å². The summed E-state index contributed by atoms with van der Waals surface area (Å²) in [6, 6.07) is 0. The fraction of sp³-hybridized carbons (Fsp3) is 1.00. The largest absolute Gasteiger partial charge is 0.345 e. The zero-order valence-corrected chi connectivity index (χ0v) is 16.6. The van der Waals surface area contributed by atoms with E-state index in [1.807, 2.05) is 0 Å². The molecule has 22 heavy (non-hydrogen) atoms. The molecule has 1 nitrogen and oxygen atoms in total. The molecule has 0 aromatic heterocycles. The second-order valence-corrected chi connectivity index (χ2v) is 11.2. The first-order chi connectivity index (χ1) is 10.3.